The van der Waals surface area contributed by atoms with Crippen LogP contribution in [0, 0.1) is 18.3 Å². The predicted octanol–water partition coefficient (Wildman–Crippen LogP) is 2.40. The molecule has 2 amide bonds. The molecule has 1 aromatic rings. The Labute approximate surface area is 151 Å². The molecule has 1 aliphatic rings. The number of benzene rings is 1. The molecule has 1 heterocycles. The van der Waals surface area contributed by atoms with Crippen molar-refractivity contribution in [1.82, 2.24) is 10.2 Å². The lowest BCUT2D eigenvalue weighted by molar-refractivity contribution is -0.134. The van der Waals surface area contributed by atoms with Gasteiger partial charge in [-0.15, -0.1) is 0 Å². The van der Waals surface area contributed by atoms with Gasteiger partial charge in [0.15, 0.2) is 0 Å². The SMILES string of the molecule is Cc1ccc(C(N)C(=O)N2CCCC(CNC(=O)C(C)(C)C)C2)cc1. The molecule has 1 saturated heterocycles. The predicted molar refractivity (Wildman–Crippen MR) is 99.9 cm³/mol. The van der Waals surface area contributed by atoms with Crippen LogP contribution in [0.3, 0.4) is 0 Å². The molecule has 2 rings (SSSR count). The number of carbonyl (C=O) groups excluding carboxylic acids is 2. The quantitative estimate of drug-likeness (QED) is 0.880. The smallest absolute Gasteiger partial charge is 0.244 e. The zero-order valence-electron chi connectivity index (χ0n) is 15.8. The number of nitrogens with two attached hydrogens (primary N) is 1. The van der Waals surface area contributed by atoms with Crippen molar-refractivity contribution < 1.29 is 9.59 Å². The molecule has 0 aliphatic carbocycles. The third-order valence-corrected chi connectivity index (χ3v) is 4.77. The molecule has 1 aromatic carbocycles. The second kappa shape index (κ2) is 8.00. The Kier molecular flexibility index (Phi) is 6.22. The molecule has 1 fully saturated rings. The molecule has 0 saturated carbocycles. The maximum atomic E-state index is 12.7. The fourth-order valence-corrected chi connectivity index (χ4v) is 3.05. The highest BCUT2D eigenvalue weighted by Gasteiger charge is 2.29. The van der Waals surface area contributed by atoms with Crippen molar-refractivity contribution >= 4 is 11.8 Å². The third-order valence-electron chi connectivity index (χ3n) is 4.77. The van der Waals surface area contributed by atoms with Gasteiger partial charge >= 0.3 is 0 Å². The van der Waals surface area contributed by atoms with Crippen molar-refractivity contribution in [3.63, 3.8) is 0 Å². The molecule has 5 heteroatoms. The highest BCUT2D eigenvalue weighted by atomic mass is 16.2. The Bertz CT molecular complexity index is 604. The van der Waals surface area contributed by atoms with Gasteiger partial charge < -0.3 is 16.0 Å². The number of hydrogen-bond donors (Lipinski definition) is 2. The molecule has 0 aromatic heterocycles. The van der Waals surface area contributed by atoms with Crippen molar-refractivity contribution in [2.24, 2.45) is 17.1 Å². The van der Waals surface area contributed by atoms with Crippen LogP contribution < -0.4 is 11.1 Å². The standard InChI is InChI=1S/C20H31N3O2/c1-14-7-9-16(10-8-14)17(21)18(24)23-11-5-6-15(13-23)12-22-19(25)20(2,3)4/h7-10,15,17H,5-6,11-13,21H2,1-4H3,(H,22,25). The van der Waals surface area contributed by atoms with Gasteiger partial charge in [-0.05, 0) is 31.2 Å². The molecule has 0 spiro atoms. The number of nitrogens with zero attached hydrogens (tertiary/aromatic N) is 1. The van der Waals surface area contributed by atoms with Crippen LogP contribution in [0.15, 0.2) is 24.3 Å². The van der Waals surface area contributed by atoms with Crippen LogP contribution >= 0.6 is 0 Å². The fourth-order valence-electron chi connectivity index (χ4n) is 3.05. The normalized spacial score (nSPS) is 19.4. The summed E-state index contributed by atoms with van der Waals surface area (Å²) in [5, 5.41) is 3.01. The minimum absolute atomic E-state index is 0.0318. The van der Waals surface area contributed by atoms with E-state index < -0.39 is 11.5 Å². The van der Waals surface area contributed by atoms with Gasteiger partial charge in [0.1, 0.15) is 6.04 Å². The molecule has 1 aliphatic heterocycles. The first-order valence-corrected chi connectivity index (χ1v) is 9.07. The van der Waals surface area contributed by atoms with Crippen LogP contribution in [0.5, 0.6) is 0 Å². The van der Waals surface area contributed by atoms with E-state index in [4.69, 9.17) is 5.73 Å². The van der Waals surface area contributed by atoms with Crippen LogP contribution in [-0.2, 0) is 9.59 Å². The lowest BCUT2D eigenvalue weighted by Gasteiger charge is -2.34. The summed E-state index contributed by atoms with van der Waals surface area (Å²) in [7, 11) is 0. The minimum Gasteiger partial charge on any atom is -0.355 e. The summed E-state index contributed by atoms with van der Waals surface area (Å²) in [6.45, 7) is 9.72. The summed E-state index contributed by atoms with van der Waals surface area (Å²) in [5.74, 6) is 0.303. The number of nitrogens with one attached hydrogen (secondary N) is 1. The topological polar surface area (TPSA) is 75.4 Å². The second-order valence-corrected chi connectivity index (χ2v) is 8.14. The van der Waals surface area contributed by atoms with Gasteiger partial charge in [0, 0.05) is 25.0 Å². The first kappa shape index (κ1) is 19.4. The lowest BCUT2D eigenvalue weighted by Crippen LogP contribution is -2.47. The summed E-state index contributed by atoms with van der Waals surface area (Å²) >= 11 is 0. The molecule has 25 heavy (non-hydrogen) atoms. The number of amides is 2. The average molecular weight is 345 g/mol. The van der Waals surface area contributed by atoms with Crippen molar-refractivity contribution in [2.75, 3.05) is 19.6 Å². The number of likely N-dealkylation sites (tertiary alicyclic amines) is 1. The van der Waals surface area contributed by atoms with E-state index in [1.807, 2.05) is 56.9 Å². The van der Waals surface area contributed by atoms with E-state index in [0.717, 1.165) is 30.5 Å². The summed E-state index contributed by atoms with van der Waals surface area (Å²) in [4.78, 5) is 26.6. The van der Waals surface area contributed by atoms with Gasteiger partial charge in [0.2, 0.25) is 11.8 Å². The number of piperidine rings is 1. The monoisotopic (exact) mass is 345 g/mol. The Balaban J connectivity index is 1.92. The van der Waals surface area contributed by atoms with Crippen LogP contribution in [0.1, 0.15) is 50.8 Å². The van der Waals surface area contributed by atoms with Gasteiger partial charge in [-0.1, -0.05) is 50.6 Å². The molecule has 3 N–H and O–H groups in total. The maximum absolute atomic E-state index is 12.7. The maximum Gasteiger partial charge on any atom is 0.244 e. The summed E-state index contributed by atoms with van der Waals surface area (Å²) in [5.41, 5.74) is 7.79. The first-order chi connectivity index (χ1) is 11.7. The molecule has 138 valence electrons. The van der Waals surface area contributed by atoms with Crippen molar-refractivity contribution in [3.8, 4) is 0 Å². The van der Waals surface area contributed by atoms with E-state index in [2.05, 4.69) is 5.32 Å². The zero-order valence-corrected chi connectivity index (χ0v) is 15.8. The Morgan fingerprint density at radius 3 is 2.52 bits per heavy atom. The summed E-state index contributed by atoms with van der Waals surface area (Å²) in [6, 6.07) is 7.17. The molecular weight excluding hydrogens is 314 g/mol. The number of hydrogen-bond acceptors (Lipinski definition) is 3. The third kappa shape index (κ3) is 5.30. The Hall–Kier alpha value is -1.88. The Morgan fingerprint density at radius 2 is 1.92 bits per heavy atom. The van der Waals surface area contributed by atoms with Gasteiger partial charge in [-0.25, -0.2) is 0 Å². The van der Waals surface area contributed by atoms with E-state index in [1.54, 1.807) is 0 Å². The fraction of sp³-hybridized carbons (Fsp3) is 0.600. The summed E-state index contributed by atoms with van der Waals surface area (Å²) < 4.78 is 0. The molecule has 0 bridgehead atoms. The average Bonchev–Trinajstić information content (AvgIpc) is 2.58. The highest BCUT2D eigenvalue weighted by Crippen LogP contribution is 2.21. The Morgan fingerprint density at radius 1 is 1.28 bits per heavy atom. The minimum atomic E-state index is -0.622. The first-order valence-electron chi connectivity index (χ1n) is 9.07. The number of aryl methyl sites for hydroxylation is 1. The van der Waals surface area contributed by atoms with Crippen molar-refractivity contribution in [2.45, 2.75) is 46.6 Å². The summed E-state index contributed by atoms with van der Waals surface area (Å²) in [6.07, 6.45) is 1.97. The van der Waals surface area contributed by atoms with Gasteiger partial charge in [-0.2, -0.15) is 0 Å². The van der Waals surface area contributed by atoms with Crippen molar-refractivity contribution in [3.05, 3.63) is 35.4 Å². The van der Waals surface area contributed by atoms with E-state index in [9.17, 15) is 9.59 Å². The lowest BCUT2D eigenvalue weighted by atomic mass is 9.93. The number of carbonyl (C=O) groups is 2. The van der Waals surface area contributed by atoms with E-state index in [1.165, 1.54) is 0 Å². The molecule has 0 radical (unpaired) electrons. The van der Waals surface area contributed by atoms with Gasteiger partial charge in [-0.3, -0.25) is 9.59 Å². The highest BCUT2D eigenvalue weighted by molar-refractivity contribution is 5.83. The zero-order chi connectivity index (χ0) is 18.6. The van der Waals surface area contributed by atoms with E-state index in [0.29, 0.717) is 13.1 Å². The van der Waals surface area contributed by atoms with Crippen LogP contribution in [0.4, 0.5) is 0 Å². The molecule has 2 unspecified atom stereocenters. The van der Waals surface area contributed by atoms with E-state index >= 15 is 0 Å². The van der Waals surface area contributed by atoms with E-state index in [-0.39, 0.29) is 17.7 Å². The number of rotatable bonds is 4. The van der Waals surface area contributed by atoms with Crippen molar-refractivity contribution in [1.29, 1.82) is 0 Å². The van der Waals surface area contributed by atoms with Crippen LogP contribution in [0.25, 0.3) is 0 Å². The van der Waals surface area contributed by atoms with Crippen LogP contribution in [0.2, 0.25) is 0 Å². The second-order valence-electron chi connectivity index (χ2n) is 8.14. The van der Waals surface area contributed by atoms with Gasteiger partial charge in [0.25, 0.3) is 0 Å². The van der Waals surface area contributed by atoms with Crippen LogP contribution in [-0.4, -0.2) is 36.3 Å². The molecule has 5 nitrogen and oxygen atoms in total. The molecule has 2 atom stereocenters. The largest absolute Gasteiger partial charge is 0.355 e. The molecular formula is C20H31N3O2. The van der Waals surface area contributed by atoms with Gasteiger partial charge in [0.05, 0.1) is 0 Å².